The lowest BCUT2D eigenvalue weighted by Gasteiger charge is -2.17. The summed E-state index contributed by atoms with van der Waals surface area (Å²) in [5.41, 5.74) is 4.05. The lowest BCUT2D eigenvalue weighted by molar-refractivity contribution is -0.132. The first-order chi connectivity index (χ1) is 13.9. The van der Waals surface area contributed by atoms with Crippen LogP contribution < -0.4 is 5.32 Å². The van der Waals surface area contributed by atoms with Crippen LogP contribution in [0.5, 0.6) is 0 Å². The van der Waals surface area contributed by atoms with E-state index in [4.69, 9.17) is 11.6 Å². The van der Waals surface area contributed by atoms with Crippen LogP contribution in [-0.2, 0) is 16.0 Å². The Morgan fingerprint density at radius 2 is 1.72 bits per heavy atom. The van der Waals surface area contributed by atoms with Gasteiger partial charge in [0.05, 0.1) is 35.1 Å². The van der Waals surface area contributed by atoms with Gasteiger partial charge in [-0.15, -0.1) is 0 Å². The number of amides is 2. The van der Waals surface area contributed by atoms with Crippen LogP contribution in [0.2, 0.25) is 5.02 Å². The molecule has 6 nitrogen and oxygen atoms in total. The molecule has 0 spiro atoms. The molecule has 3 aromatic rings. The largest absolute Gasteiger partial charge is 0.336 e. The van der Waals surface area contributed by atoms with Crippen LogP contribution >= 0.6 is 11.6 Å². The highest BCUT2D eigenvalue weighted by molar-refractivity contribution is 6.33. The molecule has 0 atom stereocenters. The third kappa shape index (κ3) is 4.84. The predicted molar refractivity (Wildman–Crippen MR) is 114 cm³/mol. The first kappa shape index (κ1) is 20.6. The van der Waals surface area contributed by atoms with E-state index >= 15 is 0 Å². The number of benzene rings is 2. The minimum atomic E-state index is -0.303. The molecule has 2 amide bonds. The molecule has 1 aromatic heterocycles. The van der Waals surface area contributed by atoms with E-state index in [1.807, 2.05) is 48.9 Å². The van der Waals surface area contributed by atoms with E-state index < -0.39 is 0 Å². The van der Waals surface area contributed by atoms with E-state index in [0.29, 0.717) is 10.7 Å². The quantitative estimate of drug-likeness (QED) is 0.672. The molecule has 150 valence electrons. The predicted octanol–water partition coefficient (Wildman–Crippen LogP) is 3.78. The van der Waals surface area contributed by atoms with Crippen molar-refractivity contribution in [2.24, 2.45) is 0 Å². The molecule has 0 aliphatic carbocycles. The molecule has 0 aliphatic rings. The van der Waals surface area contributed by atoms with Crippen LogP contribution in [0.15, 0.2) is 54.6 Å². The zero-order valence-corrected chi connectivity index (χ0v) is 17.4. The molecule has 1 heterocycles. The van der Waals surface area contributed by atoms with Crippen LogP contribution in [-0.4, -0.2) is 40.1 Å². The number of para-hydroxylation sites is 2. The molecule has 2 aromatic carbocycles. The summed E-state index contributed by atoms with van der Waals surface area (Å²) in [6.07, 6.45) is 0.181. The first-order valence-corrected chi connectivity index (χ1v) is 9.63. The van der Waals surface area contributed by atoms with Gasteiger partial charge in [0.25, 0.3) is 0 Å². The van der Waals surface area contributed by atoms with Crippen LogP contribution in [0.4, 0.5) is 5.69 Å². The van der Waals surface area contributed by atoms with Crippen molar-refractivity contribution in [1.29, 1.82) is 0 Å². The Hall–Kier alpha value is -3.12. The number of anilines is 1. The van der Waals surface area contributed by atoms with E-state index in [9.17, 15) is 9.59 Å². The van der Waals surface area contributed by atoms with Gasteiger partial charge in [0.1, 0.15) is 0 Å². The third-order valence-corrected chi connectivity index (χ3v) is 5.05. The Morgan fingerprint density at radius 1 is 1.07 bits per heavy atom. The van der Waals surface area contributed by atoms with Gasteiger partial charge in [-0.2, -0.15) is 5.10 Å². The van der Waals surface area contributed by atoms with Gasteiger partial charge in [-0.3, -0.25) is 9.59 Å². The third-order valence-electron chi connectivity index (χ3n) is 4.72. The fourth-order valence-corrected chi connectivity index (χ4v) is 3.28. The molecule has 1 N–H and O–H groups in total. The second-order valence-electron chi connectivity index (χ2n) is 6.85. The van der Waals surface area contributed by atoms with Gasteiger partial charge >= 0.3 is 0 Å². The van der Waals surface area contributed by atoms with Gasteiger partial charge in [-0.05, 0) is 38.1 Å². The maximum atomic E-state index is 12.7. The van der Waals surface area contributed by atoms with Gasteiger partial charge in [0.15, 0.2) is 0 Å². The summed E-state index contributed by atoms with van der Waals surface area (Å²) in [6, 6.07) is 16.8. The summed E-state index contributed by atoms with van der Waals surface area (Å²) in [5.74, 6) is -0.458. The summed E-state index contributed by atoms with van der Waals surface area (Å²) in [6.45, 7) is 3.77. The number of hydrogen-bond acceptors (Lipinski definition) is 3. The molecule has 0 saturated heterocycles. The average Bonchev–Trinajstić information content (AvgIpc) is 2.98. The molecule has 0 aliphatic heterocycles. The fourth-order valence-electron chi connectivity index (χ4n) is 3.09. The van der Waals surface area contributed by atoms with E-state index in [0.717, 1.165) is 22.6 Å². The molecular formula is C22H23ClN4O2. The SMILES string of the molecule is Cc1nn(-c2ccccc2)c(C)c1CC(=O)N(C)CC(=O)Nc1ccccc1Cl. The zero-order chi connectivity index (χ0) is 21.0. The molecule has 0 saturated carbocycles. The Kier molecular flexibility index (Phi) is 6.34. The number of aryl methyl sites for hydroxylation is 1. The topological polar surface area (TPSA) is 67.2 Å². The standard InChI is InChI=1S/C22H23ClN4O2/c1-15-18(16(2)27(25-15)17-9-5-4-6-10-17)13-22(29)26(3)14-21(28)24-20-12-8-7-11-19(20)23/h4-12H,13-14H2,1-3H3,(H,24,28). The highest BCUT2D eigenvalue weighted by Crippen LogP contribution is 2.21. The number of carbonyl (C=O) groups is 2. The van der Waals surface area contributed by atoms with Crippen LogP contribution in [0.1, 0.15) is 17.0 Å². The number of nitrogens with one attached hydrogen (secondary N) is 1. The van der Waals surface area contributed by atoms with E-state index in [-0.39, 0.29) is 24.8 Å². The van der Waals surface area contributed by atoms with Crippen molar-refractivity contribution in [3.05, 3.63) is 76.6 Å². The highest BCUT2D eigenvalue weighted by atomic mass is 35.5. The Bertz CT molecular complexity index is 1030. The Morgan fingerprint density at radius 3 is 2.41 bits per heavy atom. The number of likely N-dealkylation sites (N-methyl/N-ethyl adjacent to an activating group) is 1. The van der Waals surface area contributed by atoms with E-state index in [1.165, 1.54) is 4.90 Å². The number of hydrogen-bond donors (Lipinski definition) is 1. The number of aromatic nitrogens is 2. The van der Waals surface area contributed by atoms with Gasteiger partial charge in [-0.25, -0.2) is 4.68 Å². The van der Waals surface area contributed by atoms with E-state index in [1.54, 1.807) is 31.3 Å². The second-order valence-corrected chi connectivity index (χ2v) is 7.26. The van der Waals surface area contributed by atoms with Crippen molar-refractivity contribution in [1.82, 2.24) is 14.7 Å². The molecule has 3 rings (SSSR count). The summed E-state index contributed by atoms with van der Waals surface area (Å²) in [5, 5.41) is 7.75. The number of rotatable bonds is 6. The number of nitrogens with zero attached hydrogens (tertiary/aromatic N) is 3. The molecule has 0 unspecified atom stereocenters. The summed E-state index contributed by atoms with van der Waals surface area (Å²) in [4.78, 5) is 26.4. The van der Waals surface area contributed by atoms with Crippen molar-refractivity contribution in [3.63, 3.8) is 0 Å². The minimum absolute atomic E-state index is 0.0605. The van der Waals surface area contributed by atoms with Crippen molar-refractivity contribution in [3.8, 4) is 5.69 Å². The average molecular weight is 411 g/mol. The van der Waals surface area contributed by atoms with Crippen molar-refractivity contribution < 1.29 is 9.59 Å². The molecular weight excluding hydrogens is 388 g/mol. The lowest BCUT2D eigenvalue weighted by atomic mass is 10.1. The Labute approximate surface area is 175 Å². The molecule has 7 heteroatoms. The van der Waals surface area contributed by atoms with Crippen molar-refractivity contribution in [2.75, 3.05) is 18.9 Å². The number of carbonyl (C=O) groups excluding carboxylic acids is 2. The van der Waals surface area contributed by atoms with Crippen LogP contribution in [0, 0.1) is 13.8 Å². The number of halogens is 1. The molecule has 29 heavy (non-hydrogen) atoms. The van der Waals surface area contributed by atoms with Crippen molar-refractivity contribution in [2.45, 2.75) is 20.3 Å². The van der Waals surface area contributed by atoms with Crippen LogP contribution in [0.3, 0.4) is 0 Å². The molecule has 0 radical (unpaired) electrons. The highest BCUT2D eigenvalue weighted by Gasteiger charge is 2.19. The Balaban J connectivity index is 1.66. The second kappa shape index (κ2) is 8.92. The zero-order valence-electron chi connectivity index (χ0n) is 16.6. The molecule has 0 bridgehead atoms. The summed E-state index contributed by atoms with van der Waals surface area (Å²) in [7, 11) is 1.61. The lowest BCUT2D eigenvalue weighted by Crippen LogP contribution is -2.36. The maximum Gasteiger partial charge on any atom is 0.244 e. The van der Waals surface area contributed by atoms with Gasteiger partial charge in [0.2, 0.25) is 11.8 Å². The summed E-state index contributed by atoms with van der Waals surface area (Å²) >= 11 is 6.06. The summed E-state index contributed by atoms with van der Waals surface area (Å²) < 4.78 is 1.84. The van der Waals surface area contributed by atoms with E-state index in [2.05, 4.69) is 10.4 Å². The van der Waals surface area contributed by atoms with Gasteiger partial charge < -0.3 is 10.2 Å². The maximum absolute atomic E-state index is 12.7. The fraction of sp³-hybridized carbons (Fsp3) is 0.227. The van der Waals surface area contributed by atoms with Crippen LogP contribution in [0.25, 0.3) is 5.69 Å². The first-order valence-electron chi connectivity index (χ1n) is 9.25. The minimum Gasteiger partial charge on any atom is -0.336 e. The normalized spacial score (nSPS) is 10.6. The monoisotopic (exact) mass is 410 g/mol. The van der Waals surface area contributed by atoms with Crippen molar-refractivity contribution >= 4 is 29.1 Å². The van der Waals surface area contributed by atoms with Gasteiger partial charge in [-0.1, -0.05) is 41.9 Å². The van der Waals surface area contributed by atoms with Gasteiger partial charge in [0, 0.05) is 18.3 Å². The smallest absolute Gasteiger partial charge is 0.244 e. The molecule has 0 fully saturated rings.